The van der Waals surface area contributed by atoms with Gasteiger partial charge in [-0.05, 0) is 44.7 Å². The van der Waals surface area contributed by atoms with E-state index in [1.807, 2.05) is 7.05 Å². The third-order valence-electron chi connectivity index (χ3n) is 4.03. The SMILES string of the molecule is CC/C(NC)=C1\CCCN(c2ccc(C)cc2C)C1=N. The molecule has 0 atom stereocenters. The molecule has 1 aromatic carbocycles. The molecule has 0 spiro atoms. The molecule has 20 heavy (non-hydrogen) atoms. The summed E-state index contributed by atoms with van der Waals surface area (Å²) in [5.74, 6) is 0.661. The number of rotatable bonds is 3. The summed E-state index contributed by atoms with van der Waals surface area (Å²) in [6.45, 7) is 7.32. The van der Waals surface area contributed by atoms with E-state index in [0.717, 1.165) is 25.8 Å². The van der Waals surface area contributed by atoms with Crippen molar-refractivity contribution in [2.75, 3.05) is 18.5 Å². The molecular weight excluding hydrogens is 246 g/mol. The number of aryl methyl sites for hydroxylation is 2. The summed E-state index contributed by atoms with van der Waals surface area (Å²) in [5, 5.41) is 11.8. The fraction of sp³-hybridized carbons (Fsp3) is 0.471. The van der Waals surface area contributed by atoms with Gasteiger partial charge in [0.25, 0.3) is 0 Å². The van der Waals surface area contributed by atoms with Crippen LogP contribution in [0.15, 0.2) is 29.5 Å². The first kappa shape index (κ1) is 14.6. The second-order valence-electron chi connectivity index (χ2n) is 5.45. The summed E-state index contributed by atoms with van der Waals surface area (Å²) in [6, 6.07) is 6.47. The minimum Gasteiger partial charge on any atom is -0.391 e. The van der Waals surface area contributed by atoms with Gasteiger partial charge in [-0.1, -0.05) is 24.6 Å². The molecule has 1 aliphatic heterocycles. The number of hydrogen-bond donors (Lipinski definition) is 2. The predicted octanol–water partition coefficient (Wildman–Crippen LogP) is 3.76. The lowest BCUT2D eigenvalue weighted by atomic mass is 9.98. The highest BCUT2D eigenvalue weighted by Gasteiger charge is 2.24. The van der Waals surface area contributed by atoms with Gasteiger partial charge >= 0.3 is 0 Å². The second-order valence-corrected chi connectivity index (χ2v) is 5.45. The summed E-state index contributed by atoms with van der Waals surface area (Å²) in [7, 11) is 1.95. The van der Waals surface area contributed by atoms with Gasteiger partial charge in [0.05, 0.1) is 0 Å². The van der Waals surface area contributed by atoms with E-state index in [0.29, 0.717) is 5.84 Å². The van der Waals surface area contributed by atoms with Crippen molar-refractivity contribution in [2.45, 2.75) is 40.0 Å². The lowest BCUT2D eigenvalue weighted by Gasteiger charge is -2.33. The van der Waals surface area contributed by atoms with Crippen LogP contribution in [-0.4, -0.2) is 19.4 Å². The Morgan fingerprint density at radius 3 is 2.70 bits per heavy atom. The highest BCUT2D eigenvalue weighted by molar-refractivity contribution is 6.09. The van der Waals surface area contributed by atoms with E-state index in [-0.39, 0.29) is 0 Å². The summed E-state index contributed by atoms with van der Waals surface area (Å²) in [4.78, 5) is 2.15. The quantitative estimate of drug-likeness (QED) is 0.878. The molecule has 1 saturated heterocycles. The molecule has 1 aliphatic rings. The van der Waals surface area contributed by atoms with Crippen molar-refractivity contribution in [1.82, 2.24) is 5.32 Å². The van der Waals surface area contributed by atoms with E-state index < -0.39 is 0 Å². The fourth-order valence-electron chi connectivity index (χ4n) is 2.99. The predicted molar refractivity (Wildman–Crippen MR) is 86.6 cm³/mol. The van der Waals surface area contributed by atoms with Crippen LogP contribution in [0.5, 0.6) is 0 Å². The average molecular weight is 271 g/mol. The molecule has 1 heterocycles. The Bertz CT molecular complexity index is 537. The third-order valence-corrected chi connectivity index (χ3v) is 4.03. The smallest absolute Gasteiger partial charge is 0.130 e. The molecule has 3 nitrogen and oxygen atoms in total. The molecule has 0 bridgehead atoms. The maximum atomic E-state index is 8.56. The normalized spacial score (nSPS) is 18.2. The molecule has 2 N–H and O–H groups in total. The first-order chi connectivity index (χ1) is 9.58. The highest BCUT2D eigenvalue weighted by atomic mass is 15.2. The molecule has 0 aromatic heterocycles. The van der Waals surface area contributed by atoms with Crippen molar-refractivity contribution in [3.05, 3.63) is 40.6 Å². The molecule has 0 unspecified atom stereocenters. The molecule has 0 amide bonds. The van der Waals surface area contributed by atoms with Gasteiger partial charge < -0.3 is 10.2 Å². The zero-order valence-corrected chi connectivity index (χ0v) is 13.0. The van der Waals surface area contributed by atoms with E-state index in [1.54, 1.807) is 0 Å². The van der Waals surface area contributed by atoms with Crippen LogP contribution in [-0.2, 0) is 0 Å². The Balaban J connectivity index is 2.38. The summed E-state index contributed by atoms with van der Waals surface area (Å²) < 4.78 is 0. The van der Waals surface area contributed by atoms with Gasteiger partial charge in [0, 0.05) is 30.5 Å². The van der Waals surface area contributed by atoms with Gasteiger partial charge in [-0.25, -0.2) is 0 Å². The van der Waals surface area contributed by atoms with Crippen LogP contribution in [0, 0.1) is 19.3 Å². The Morgan fingerprint density at radius 1 is 1.35 bits per heavy atom. The zero-order valence-electron chi connectivity index (χ0n) is 13.0. The van der Waals surface area contributed by atoms with Crippen molar-refractivity contribution >= 4 is 11.5 Å². The zero-order chi connectivity index (χ0) is 14.7. The molecule has 3 heteroatoms. The van der Waals surface area contributed by atoms with Crippen molar-refractivity contribution in [1.29, 1.82) is 5.41 Å². The maximum Gasteiger partial charge on any atom is 0.130 e. The first-order valence-electron chi connectivity index (χ1n) is 7.42. The lowest BCUT2D eigenvalue weighted by molar-refractivity contribution is 0.753. The molecule has 0 saturated carbocycles. The molecule has 108 valence electrons. The Morgan fingerprint density at radius 2 is 2.10 bits per heavy atom. The number of allylic oxidation sites excluding steroid dienone is 1. The number of piperidine rings is 1. The number of nitrogens with one attached hydrogen (secondary N) is 2. The average Bonchev–Trinajstić information content (AvgIpc) is 2.43. The topological polar surface area (TPSA) is 39.1 Å². The Hall–Kier alpha value is -1.77. The van der Waals surface area contributed by atoms with E-state index in [4.69, 9.17) is 5.41 Å². The number of nitrogens with zero attached hydrogens (tertiary/aromatic N) is 1. The fourth-order valence-corrected chi connectivity index (χ4v) is 2.99. The number of benzene rings is 1. The molecular formula is C17H25N3. The number of anilines is 1. The third kappa shape index (κ3) is 2.72. The molecule has 1 aromatic rings. The van der Waals surface area contributed by atoms with Gasteiger partial charge in [0.2, 0.25) is 0 Å². The number of hydrogen-bond acceptors (Lipinski definition) is 2. The minimum absolute atomic E-state index is 0.661. The number of amidine groups is 1. The van der Waals surface area contributed by atoms with Crippen LogP contribution >= 0.6 is 0 Å². The highest BCUT2D eigenvalue weighted by Crippen LogP contribution is 2.29. The van der Waals surface area contributed by atoms with E-state index in [1.165, 1.54) is 28.1 Å². The van der Waals surface area contributed by atoms with Gasteiger partial charge in [-0.15, -0.1) is 0 Å². The summed E-state index contributed by atoms with van der Waals surface area (Å²) in [5.41, 5.74) is 6.06. The standard InChI is InChI=1S/C17H25N3/c1-5-15(19-4)14-7-6-10-20(17(14)18)16-9-8-12(2)11-13(16)3/h8-9,11,18-19H,5-7,10H2,1-4H3/b15-14-,18-17?. The molecule has 0 aliphatic carbocycles. The first-order valence-corrected chi connectivity index (χ1v) is 7.42. The lowest BCUT2D eigenvalue weighted by Crippen LogP contribution is -2.38. The largest absolute Gasteiger partial charge is 0.391 e. The Labute approximate surface area is 122 Å². The minimum atomic E-state index is 0.661. The second kappa shape index (κ2) is 6.12. The van der Waals surface area contributed by atoms with Crippen LogP contribution in [0.3, 0.4) is 0 Å². The van der Waals surface area contributed by atoms with Crippen molar-refractivity contribution in [3.63, 3.8) is 0 Å². The van der Waals surface area contributed by atoms with Crippen LogP contribution in [0.25, 0.3) is 0 Å². The molecule has 2 rings (SSSR count). The van der Waals surface area contributed by atoms with Crippen molar-refractivity contribution in [3.8, 4) is 0 Å². The molecule has 1 fully saturated rings. The van der Waals surface area contributed by atoms with Gasteiger partial charge in [-0.3, -0.25) is 5.41 Å². The van der Waals surface area contributed by atoms with Crippen LogP contribution in [0.4, 0.5) is 5.69 Å². The molecule has 0 radical (unpaired) electrons. The van der Waals surface area contributed by atoms with Crippen LogP contribution in [0.1, 0.15) is 37.3 Å². The van der Waals surface area contributed by atoms with E-state index in [9.17, 15) is 0 Å². The van der Waals surface area contributed by atoms with Crippen LogP contribution < -0.4 is 10.2 Å². The van der Waals surface area contributed by atoms with Crippen LogP contribution in [0.2, 0.25) is 0 Å². The van der Waals surface area contributed by atoms with Gasteiger partial charge in [-0.2, -0.15) is 0 Å². The Kier molecular flexibility index (Phi) is 4.48. The summed E-state index contributed by atoms with van der Waals surface area (Å²) in [6.07, 6.45) is 3.06. The van der Waals surface area contributed by atoms with E-state index in [2.05, 4.69) is 49.2 Å². The van der Waals surface area contributed by atoms with Gasteiger partial charge in [0.1, 0.15) is 5.84 Å². The monoisotopic (exact) mass is 271 g/mol. The van der Waals surface area contributed by atoms with E-state index >= 15 is 0 Å². The van der Waals surface area contributed by atoms with Crippen molar-refractivity contribution in [2.24, 2.45) is 0 Å². The summed E-state index contributed by atoms with van der Waals surface area (Å²) >= 11 is 0. The van der Waals surface area contributed by atoms with Crippen molar-refractivity contribution < 1.29 is 0 Å². The van der Waals surface area contributed by atoms with Gasteiger partial charge in [0.15, 0.2) is 0 Å². The maximum absolute atomic E-state index is 8.56.